The predicted molar refractivity (Wildman–Crippen MR) is 59.1 cm³/mol. The fourth-order valence-corrected chi connectivity index (χ4v) is 3.21. The van der Waals surface area contributed by atoms with Crippen molar-refractivity contribution < 1.29 is 13.2 Å². The van der Waals surface area contributed by atoms with E-state index >= 15 is 0 Å². The number of sulfonamides is 1. The highest BCUT2D eigenvalue weighted by Gasteiger charge is 2.26. The van der Waals surface area contributed by atoms with Crippen LogP contribution in [0.1, 0.15) is 19.8 Å². The Balaban J connectivity index is 2.45. The van der Waals surface area contributed by atoms with Gasteiger partial charge in [-0.25, -0.2) is 8.42 Å². The summed E-state index contributed by atoms with van der Waals surface area (Å²) in [6, 6.07) is 0. The lowest BCUT2D eigenvalue weighted by molar-refractivity contribution is 0.0102. The molecule has 1 rings (SSSR count). The summed E-state index contributed by atoms with van der Waals surface area (Å²) in [4.78, 5) is 0. The third-order valence-corrected chi connectivity index (χ3v) is 4.38. The van der Waals surface area contributed by atoms with E-state index in [0.717, 1.165) is 6.42 Å². The molecule has 90 valence electrons. The van der Waals surface area contributed by atoms with Crippen LogP contribution >= 0.6 is 0 Å². The van der Waals surface area contributed by atoms with Gasteiger partial charge in [0.25, 0.3) is 0 Å². The molecule has 1 unspecified atom stereocenters. The van der Waals surface area contributed by atoms with Crippen molar-refractivity contribution in [1.29, 1.82) is 0 Å². The smallest absolute Gasteiger partial charge is 0.214 e. The topological polar surface area (TPSA) is 72.6 Å². The van der Waals surface area contributed by atoms with Crippen LogP contribution in [-0.2, 0) is 14.8 Å². The second kappa shape index (κ2) is 5.79. The van der Waals surface area contributed by atoms with E-state index in [4.69, 9.17) is 10.5 Å². The van der Waals surface area contributed by atoms with Gasteiger partial charge in [-0.3, -0.25) is 0 Å². The van der Waals surface area contributed by atoms with Gasteiger partial charge in [0, 0.05) is 13.1 Å². The SMILES string of the molecule is CC1CN(S(=O)(=O)CCCCN)CCO1. The fraction of sp³-hybridized carbons (Fsp3) is 1.00. The zero-order valence-electron chi connectivity index (χ0n) is 9.18. The fourth-order valence-electron chi connectivity index (χ4n) is 1.60. The first kappa shape index (κ1) is 12.9. The van der Waals surface area contributed by atoms with E-state index in [1.165, 1.54) is 4.31 Å². The first-order valence-electron chi connectivity index (χ1n) is 5.36. The minimum absolute atomic E-state index is 0.00281. The second-order valence-electron chi connectivity index (χ2n) is 3.85. The number of nitrogens with two attached hydrogens (primary N) is 1. The summed E-state index contributed by atoms with van der Waals surface area (Å²) in [5.41, 5.74) is 5.33. The van der Waals surface area contributed by atoms with Crippen molar-refractivity contribution in [2.75, 3.05) is 32.0 Å². The average molecular weight is 236 g/mol. The highest BCUT2D eigenvalue weighted by Crippen LogP contribution is 2.11. The van der Waals surface area contributed by atoms with Crippen molar-refractivity contribution >= 4 is 10.0 Å². The van der Waals surface area contributed by atoms with Gasteiger partial charge < -0.3 is 10.5 Å². The summed E-state index contributed by atoms with van der Waals surface area (Å²) in [5, 5.41) is 0. The lowest BCUT2D eigenvalue weighted by Gasteiger charge is -2.30. The van der Waals surface area contributed by atoms with Crippen LogP contribution in [-0.4, -0.2) is 50.8 Å². The number of hydrogen-bond acceptors (Lipinski definition) is 4. The molecule has 1 atom stereocenters. The lowest BCUT2D eigenvalue weighted by atomic mass is 10.3. The van der Waals surface area contributed by atoms with E-state index in [2.05, 4.69) is 0 Å². The largest absolute Gasteiger partial charge is 0.376 e. The molecule has 1 saturated heterocycles. The van der Waals surface area contributed by atoms with E-state index in [9.17, 15) is 8.42 Å². The molecule has 1 fully saturated rings. The quantitative estimate of drug-likeness (QED) is 0.670. The molecule has 0 aromatic carbocycles. The standard InChI is InChI=1S/C9H20N2O3S/c1-9-8-11(5-6-14-9)15(12,13)7-3-2-4-10/h9H,2-8,10H2,1H3. The Morgan fingerprint density at radius 3 is 2.80 bits per heavy atom. The molecule has 1 aliphatic rings. The normalized spacial score (nSPS) is 24.3. The molecule has 2 N–H and O–H groups in total. The third kappa shape index (κ3) is 4.06. The Morgan fingerprint density at radius 2 is 2.20 bits per heavy atom. The van der Waals surface area contributed by atoms with Crippen LogP contribution in [0.5, 0.6) is 0 Å². The summed E-state index contributed by atoms with van der Waals surface area (Å²) in [6.07, 6.45) is 1.41. The average Bonchev–Trinajstić information content (AvgIpc) is 2.18. The van der Waals surface area contributed by atoms with Crippen molar-refractivity contribution in [3.63, 3.8) is 0 Å². The summed E-state index contributed by atoms with van der Waals surface area (Å²) in [6.45, 7) is 3.90. The van der Waals surface area contributed by atoms with Gasteiger partial charge in [0.2, 0.25) is 10.0 Å². The van der Waals surface area contributed by atoms with E-state index in [-0.39, 0.29) is 11.9 Å². The highest BCUT2D eigenvalue weighted by atomic mass is 32.2. The van der Waals surface area contributed by atoms with Crippen molar-refractivity contribution in [3.8, 4) is 0 Å². The highest BCUT2D eigenvalue weighted by molar-refractivity contribution is 7.89. The number of ether oxygens (including phenoxy) is 1. The Hall–Kier alpha value is -0.170. The summed E-state index contributed by atoms with van der Waals surface area (Å²) in [7, 11) is -3.09. The van der Waals surface area contributed by atoms with Crippen molar-refractivity contribution in [2.45, 2.75) is 25.9 Å². The van der Waals surface area contributed by atoms with E-state index in [1.54, 1.807) is 0 Å². The van der Waals surface area contributed by atoms with Gasteiger partial charge in [-0.2, -0.15) is 4.31 Å². The van der Waals surface area contributed by atoms with Gasteiger partial charge in [0.05, 0.1) is 18.5 Å². The Morgan fingerprint density at radius 1 is 1.47 bits per heavy atom. The predicted octanol–water partition coefficient (Wildman–Crippen LogP) is -0.224. The van der Waals surface area contributed by atoms with Crippen LogP contribution in [0.4, 0.5) is 0 Å². The van der Waals surface area contributed by atoms with Crippen molar-refractivity contribution in [3.05, 3.63) is 0 Å². The van der Waals surface area contributed by atoms with E-state index in [0.29, 0.717) is 32.7 Å². The third-order valence-electron chi connectivity index (χ3n) is 2.45. The maximum Gasteiger partial charge on any atom is 0.214 e. The van der Waals surface area contributed by atoms with Crippen LogP contribution < -0.4 is 5.73 Å². The maximum atomic E-state index is 11.8. The molecule has 15 heavy (non-hydrogen) atoms. The van der Waals surface area contributed by atoms with Gasteiger partial charge in [0.1, 0.15) is 0 Å². The first-order chi connectivity index (χ1) is 7.06. The monoisotopic (exact) mass is 236 g/mol. The van der Waals surface area contributed by atoms with Crippen molar-refractivity contribution in [2.24, 2.45) is 5.73 Å². The molecule has 0 spiro atoms. The minimum Gasteiger partial charge on any atom is -0.376 e. The molecular weight excluding hydrogens is 216 g/mol. The maximum absolute atomic E-state index is 11.8. The number of hydrogen-bond donors (Lipinski definition) is 1. The Kier molecular flexibility index (Phi) is 4.98. The molecule has 0 aromatic rings. The number of rotatable bonds is 5. The summed E-state index contributed by atoms with van der Waals surface area (Å²) in [5.74, 6) is 0.205. The molecule has 0 radical (unpaired) electrons. The Labute approximate surface area is 91.6 Å². The first-order valence-corrected chi connectivity index (χ1v) is 6.96. The Bertz CT molecular complexity index is 279. The summed E-state index contributed by atoms with van der Waals surface area (Å²) >= 11 is 0. The van der Waals surface area contributed by atoms with Crippen LogP contribution in [0.3, 0.4) is 0 Å². The number of unbranched alkanes of at least 4 members (excludes halogenated alkanes) is 1. The van der Waals surface area contributed by atoms with Gasteiger partial charge in [-0.15, -0.1) is 0 Å². The molecule has 1 heterocycles. The lowest BCUT2D eigenvalue weighted by Crippen LogP contribution is -2.45. The zero-order valence-corrected chi connectivity index (χ0v) is 10.0. The zero-order chi connectivity index (χ0) is 11.3. The van der Waals surface area contributed by atoms with Crippen LogP contribution in [0.2, 0.25) is 0 Å². The van der Waals surface area contributed by atoms with E-state index < -0.39 is 10.0 Å². The van der Waals surface area contributed by atoms with Crippen LogP contribution in [0.25, 0.3) is 0 Å². The van der Waals surface area contributed by atoms with Crippen molar-refractivity contribution in [1.82, 2.24) is 4.31 Å². The molecule has 0 aromatic heterocycles. The second-order valence-corrected chi connectivity index (χ2v) is 5.94. The molecule has 5 nitrogen and oxygen atoms in total. The molecule has 6 heteroatoms. The molecule has 0 aliphatic carbocycles. The molecular formula is C9H20N2O3S. The molecule has 0 saturated carbocycles. The number of nitrogens with zero attached hydrogens (tertiary/aromatic N) is 1. The van der Waals surface area contributed by atoms with Gasteiger partial charge in [-0.05, 0) is 26.3 Å². The van der Waals surface area contributed by atoms with Crippen LogP contribution in [0.15, 0.2) is 0 Å². The minimum atomic E-state index is -3.09. The molecule has 0 amide bonds. The number of morpholine rings is 1. The summed E-state index contributed by atoms with van der Waals surface area (Å²) < 4.78 is 30.5. The van der Waals surface area contributed by atoms with Gasteiger partial charge >= 0.3 is 0 Å². The molecule has 0 bridgehead atoms. The molecule has 1 aliphatic heterocycles. The van der Waals surface area contributed by atoms with Gasteiger partial charge in [0.15, 0.2) is 0 Å². The van der Waals surface area contributed by atoms with Gasteiger partial charge in [-0.1, -0.05) is 0 Å². The van der Waals surface area contributed by atoms with E-state index in [1.807, 2.05) is 6.92 Å². The van der Waals surface area contributed by atoms with Crippen LogP contribution in [0, 0.1) is 0 Å².